The summed E-state index contributed by atoms with van der Waals surface area (Å²) >= 11 is 0. The van der Waals surface area contributed by atoms with Gasteiger partial charge in [0.25, 0.3) is 5.69 Å². The van der Waals surface area contributed by atoms with Crippen LogP contribution in [0.1, 0.15) is 33.3 Å². The molecule has 1 heterocycles. The molecule has 35 heavy (non-hydrogen) atoms. The number of nitrogens with one attached hydrogen (secondary N) is 1. The fraction of sp³-hybridized carbons (Fsp3) is 0.375. The smallest absolute Gasteiger partial charge is 0.412 e. The summed E-state index contributed by atoms with van der Waals surface area (Å²) in [5, 5.41) is 10.9. The lowest BCUT2D eigenvalue weighted by Gasteiger charge is -2.42. The third-order valence-corrected chi connectivity index (χ3v) is 6.73. The first-order valence-corrected chi connectivity index (χ1v) is 12.5. The number of carbonyl (C=O) groups is 1. The van der Waals surface area contributed by atoms with Crippen molar-refractivity contribution in [3.8, 4) is 0 Å². The predicted octanol–water partition coefficient (Wildman–Crippen LogP) is 3.98. The first-order valence-electron chi connectivity index (χ1n) is 11.0. The molecule has 188 valence electrons. The van der Waals surface area contributed by atoms with Crippen molar-refractivity contribution in [1.29, 1.82) is 0 Å². The highest BCUT2D eigenvalue weighted by Crippen LogP contribution is 2.26. The molecule has 0 aromatic heterocycles. The second-order valence-electron chi connectivity index (χ2n) is 9.09. The van der Waals surface area contributed by atoms with Gasteiger partial charge < -0.3 is 9.47 Å². The van der Waals surface area contributed by atoms with E-state index < -0.39 is 45.0 Å². The quantitative estimate of drug-likeness (QED) is 0.344. The highest BCUT2D eigenvalue weighted by atomic mass is 32.2. The number of carbonyl (C=O) groups excluding carboxylic acids is 1. The molecule has 2 aromatic carbocycles. The maximum absolute atomic E-state index is 13.1. The Morgan fingerprint density at radius 3 is 2.29 bits per heavy atom. The molecule has 0 spiro atoms. The van der Waals surface area contributed by atoms with Crippen LogP contribution in [0.15, 0.2) is 71.6 Å². The van der Waals surface area contributed by atoms with Crippen LogP contribution >= 0.6 is 0 Å². The Hall–Kier alpha value is -3.28. The van der Waals surface area contributed by atoms with Gasteiger partial charge in [0.05, 0.1) is 27.5 Å². The van der Waals surface area contributed by atoms with Gasteiger partial charge in [-0.2, -0.15) is 0 Å². The van der Waals surface area contributed by atoms with Gasteiger partial charge in [-0.3, -0.25) is 15.0 Å². The molecule has 3 rings (SSSR count). The fourth-order valence-corrected chi connectivity index (χ4v) is 4.79. The number of nitrogens with zero attached hydrogens (tertiary/aromatic N) is 2. The molecule has 0 fully saturated rings. The second-order valence-corrected chi connectivity index (χ2v) is 10.8. The van der Waals surface area contributed by atoms with E-state index in [0.717, 1.165) is 29.8 Å². The Kier molecular flexibility index (Phi) is 7.93. The van der Waals surface area contributed by atoms with E-state index in [2.05, 4.69) is 4.72 Å². The number of benzene rings is 2. The summed E-state index contributed by atoms with van der Waals surface area (Å²) in [6.45, 7) is 7.29. The van der Waals surface area contributed by atoms with E-state index in [0.29, 0.717) is 0 Å². The minimum absolute atomic E-state index is 0.0496. The lowest BCUT2D eigenvalue weighted by Crippen LogP contribution is -2.58. The number of ether oxygens (including phenoxy) is 2. The van der Waals surface area contributed by atoms with E-state index in [4.69, 9.17) is 9.47 Å². The van der Waals surface area contributed by atoms with Gasteiger partial charge in [-0.25, -0.2) is 17.9 Å². The van der Waals surface area contributed by atoms with E-state index >= 15 is 0 Å². The minimum atomic E-state index is -4.04. The van der Waals surface area contributed by atoms with Crippen molar-refractivity contribution >= 4 is 21.8 Å². The van der Waals surface area contributed by atoms with E-state index in [1.54, 1.807) is 19.1 Å². The van der Waals surface area contributed by atoms with Crippen LogP contribution in [0, 0.1) is 10.1 Å². The van der Waals surface area contributed by atoms with Gasteiger partial charge in [0.1, 0.15) is 6.61 Å². The Labute approximate surface area is 204 Å². The van der Waals surface area contributed by atoms with Gasteiger partial charge in [-0.15, -0.1) is 0 Å². The van der Waals surface area contributed by atoms with Crippen LogP contribution in [0.25, 0.3) is 0 Å². The topological polar surface area (TPSA) is 128 Å². The normalized spacial score (nSPS) is 20.5. The summed E-state index contributed by atoms with van der Waals surface area (Å²) in [6.07, 6.45) is 1.82. The number of nitro benzene ring substituents is 1. The average molecular weight is 504 g/mol. The fourth-order valence-electron chi connectivity index (χ4n) is 3.53. The number of hydrogen-bond acceptors (Lipinski definition) is 7. The van der Waals surface area contributed by atoms with Crippen LogP contribution in [0.4, 0.5) is 10.5 Å². The lowest BCUT2D eigenvalue weighted by atomic mass is 10.0. The summed E-state index contributed by atoms with van der Waals surface area (Å²) in [5.74, 6) is 0. The standard InChI is InChI=1S/C24H29N3O7S/c1-17-21(25-35(31,32)20-12-10-19(11-13-20)27(29)30)14-15-22(34-24(2,3)4)26(17)23(28)33-16-18-8-6-5-7-9-18/h5-15,17,21-22,25H,16H2,1-4H3/t17-,21+,22-/m1/s1. The molecule has 0 radical (unpaired) electrons. The Morgan fingerprint density at radius 2 is 1.71 bits per heavy atom. The van der Waals surface area contributed by atoms with Crippen LogP contribution in [0.3, 0.4) is 0 Å². The van der Waals surface area contributed by atoms with Crippen molar-refractivity contribution in [2.75, 3.05) is 0 Å². The van der Waals surface area contributed by atoms with Crippen LogP contribution < -0.4 is 4.72 Å². The molecule has 1 N–H and O–H groups in total. The van der Waals surface area contributed by atoms with Gasteiger partial charge in [-0.1, -0.05) is 36.4 Å². The summed E-state index contributed by atoms with van der Waals surface area (Å²) < 4.78 is 40.0. The molecular weight excluding hydrogens is 474 g/mol. The molecule has 0 bridgehead atoms. The monoisotopic (exact) mass is 503 g/mol. The Balaban J connectivity index is 1.81. The highest BCUT2D eigenvalue weighted by molar-refractivity contribution is 7.89. The van der Waals surface area contributed by atoms with Crippen LogP contribution in [-0.2, 0) is 26.1 Å². The number of non-ortho nitro benzene ring substituents is 1. The van der Waals surface area contributed by atoms with Crippen molar-refractivity contribution in [1.82, 2.24) is 9.62 Å². The number of nitro groups is 1. The summed E-state index contributed by atoms with van der Waals surface area (Å²) in [5.41, 5.74) is 0.00628. The number of sulfonamides is 1. The molecule has 3 atom stereocenters. The number of amides is 1. The van der Waals surface area contributed by atoms with Crippen LogP contribution in [0.2, 0.25) is 0 Å². The summed E-state index contributed by atoms with van der Waals surface area (Å²) in [7, 11) is -4.04. The second kappa shape index (κ2) is 10.5. The molecule has 11 heteroatoms. The molecule has 2 aromatic rings. The van der Waals surface area contributed by atoms with Crippen molar-refractivity contribution in [3.05, 3.63) is 82.4 Å². The zero-order valence-corrected chi connectivity index (χ0v) is 20.8. The maximum Gasteiger partial charge on any atom is 0.412 e. The first-order chi connectivity index (χ1) is 16.4. The van der Waals surface area contributed by atoms with Crippen molar-refractivity contribution in [2.24, 2.45) is 0 Å². The Bertz CT molecular complexity index is 1180. The van der Waals surface area contributed by atoms with E-state index in [1.165, 1.54) is 4.90 Å². The SMILES string of the molecule is C[C@@H]1[C@@H](NS(=O)(=O)c2ccc([N+](=O)[O-])cc2)C=C[C@@H](OC(C)(C)C)N1C(=O)OCc1ccccc1. The highest BCUT2D eigenvalue weighted by Gasteiger charge is 2.39. The first kappa shape index (κ1) is 26.3. The van der Waals surface area contributed by atoms with E-state index in [-0.39, 0.29) is 17.2 Å². The van der Waals surface area contributed by atoms with E-state index in [9.17, 15) is 23.3 Å². The van der Waals surface area contributed by atoms with Gasteiger partial charge in [-0.05, 0) is 51.5 Å². The van der Waals surface area contributed by atoms with Crippen LogP contribution in [0.5, 0.6) is 0 Å². The molecule has 1 aliphatic rings. The molecule has 1 aliphatic heterocycles. The van der Waals surface area contributed by atoms with Gasteiger partial charge in [0.2, 0.25) is 10.0 Å². The van der Waals surface area contributed by atoms with Crippen LogP contribution in [-0.4, -0.2) is 48.2 Å². The van der Waals surface area contributed by atoms with Gasteiger partial charge in [0, 0.05) is 12.1 Å². The molecule has 0 saturated carbocycles. The molecule has 10 nitrogen and oxygen atoms in total. The molecular formula is C24H29N3O7S. The summed E-state index contributed by atoms with van der Waals surface area (Å²) in [4.78, 5) is 24.6. The zero-order valence-electron chi connectivity index (χ0n) is 20.0. The lowest BCUT2D eigenvalue weighted by molar-refractivity contribution is -0.384. The molecule has 0 aliphatic carbocycles. The van der Waals surface area contributed by atoms with Crippen molar-refractivity contribution in [2.45, 2.75) is 63.1 Å². The third-order valence-electron chi connectivity index (χ3n) is 5.26. The molecule has 0 saturated heterocycles. The van der Waals surface area contributed by atoms with E-state index in [1.807, 2.05) is 51.1 Å². The number of hydrogen-bond donors (Lipinski definition) is 1. The number of rotatable bonds is 7. The average Bonchev–Trinajstić information content (AvgIpc) is 2.79. The van der Waals surface area contributed by atoms with Crippen molar-refractivity contribution < 1.29 is 27.6 Å². The largest absolute Gasteiger partial charge is 0.444 e. The molecule has 1 amide bonds. The predicted molar refractivity (Wildman–Crippen MR) is 129 cm³/mol. The van der Waals surface area contributed by atoms with Gasteiger partial charge >= 0.3 is 6.09 Å². The maximum atomic E-state index is 13.1. The van der Waals surface area contributed by atoms with Gasteiger partial charge in [0.15, 0.2) is 6.23 Å². The summed E-state index contributed by atoms with van der Waals surface area (Å²) in [6, 6.07) is 12.3. The Morgan fingerprint density at radius 1 is 1.09 bits per heavy atom. The zero-order chi connectivity index (χ0) is 25.8. The third kappa shape index (κ3) is 6.87. The van der Waals surface area contributed by atoms with Crippen molar-refractivity contribution in [3.63, 3.8) is 0 Å². The minimum Gasteiger partial charge on any atom is -0.444 e. The molecule has 0 unspecified atom stereocenters.